The van der Waals surface area contributed by atoms with E-state index >= 15 is 0 Å². The highest BCUT2D eigenvalue weighted by molar-refractivity contribution is 6.04. The number of aromatic nitrogens is 2. The minimum atomic E-state index is -0.654. The van der Waals surface area contributed by atoms with Crippen LogP contribution in [0.3, 0.4) is 0 Å². The number of nitrogens with zero attached hydrogens (tertiary/aromatic N) is 2. The first kappa shape index (κ1) is 13.9. The van der Waals surface area contributed by atoms with Crippen LogP contribution in [0.1, 0.15) is 34.7 Å². The molecule has 0 radical (unpaired) electrons. The summed E-state index contributed by atoms with van der Waals surface area (Å²) in [6.45, 7) is 3.20. The number of benzene rings is 1. The summed E-state index contributed by atoms with van der Waals surface area (Å²) in [5, 5.41) is 4.05. The van der Waals surface area contributed by atoms with Crippen molar-refractivity contribution in [2.24, 2.45) is 0 Å². The van der Waals surface area contributed by atoms with Gasteiger partial charge in [-0.15, -0.1) is 0 Å². The molecule has 0 bridgehead atoms. The zero-order valence-corrected chi connectivity index (χ0v) is 11.1. The average Bonchev–Trinajstić information content (AvgIpc) is 2.85. The first-order chi connectivity index (χ1) is 9.52. The number of carbonyl (C=O) groups excluding carboxylic acids is 2. The Balaban J connectivity index is 2.46. The van der Waals surface area contributed by atoms with Crippen molar-refractivity contribution >= 4 is 11.8 Å². The molecule has 2 rings (SSSR count). The number of ketones is 1. The molecule has 0 aliphatic heterocycles. The third kappa shape index (κ3) is 2.74. The molecule has 0 saturated carbocycles. The van der Waals surface area contributed by atoms with Crippen LogP contribution in [0.15, 0.2) is 30.5 Å². The van der Waals surface area contributed by atoms with E-state index in [-0.39, 0.29) is 29.5 Å². The van der Waals surface area contributed by atoms with E-state index in [0.717, 1.165) is 0 Å². The standard InChI is InChI=1S/C14H13FN2O3/c1-3-20-14(19)13-12(9(2)18)8-17(16-13)11-6-4-10(15)5-7-11/h4-8H,3H2,1-2H3. The van der Waals surface area contributed by atoms with Crippen molar-refractivity contribution in [2.45, 2.75) is 13.8 Å². The summed E-state index contributed by atoms with van der Waals surface area (Å²) < 4.78 is 19.1. The van der Waals surface area contributed by atoms with Gasteiger partial charge in [0.15, 0.2) is 11.5 Å². The molecule has 5 nitrogen and oxygen atoms in total. The summed E-state index contributed by atoms with van der Waals surface area (Å²) in [5.41, 5.74) is 0.681. The molecule has 1 aromatic carbocycles. The molecule has 0 fully saturated rings. The predicted molar refractivity (Wildman–Crippen MR) is 69.5 cm³/mol. The second kappa shape index (κ2) is 5.64. The molecule has 0 amide bonds. The Morgan fingerprint density at radius 2 is 1.95 bits per heavy atom. The van der Waals surface area contributed by atoms with Gasteiger partial charge in [-0.3, -0.25) is 4.79 Å². The molecule has 0 aliphatic carbocycles. The minimum Gasteiger partial charge on any atom is -0.461 e. The summed E-state index contributed by atoms with van der Waals surface area (Å²) in [4.78, 5) is 23.3. The van der Waals surface area contributed by atoms with Crippen LogP contribution >= 0.6 is 0 Å². The Morgan fingerprint density at radius 3 is 2.50 bits per heavy atom. The van der Waals surface area contributed by atoms with Gasteiger partial charge in [0.2, 0.25) is 0 Å². The first-order valence-electron chi connectivity index (χ1n) is 6.06. The molecule has 0 spiro atoms. The zero-order chi connectivity index (χ0) is 14.7. The van der Waals surface area contributed by atoms with Gasteiger partial charge in [-0.2, -0.15) is 5.10 Å². The number of ether oxygens (including phenoxy) is 1. The smallest absolute Gasteiger partial charge is 0.359 e. The fourth-order valence-electron chi connectivity index (χ4n) is 1.71. The lowest BCUT2D eigenvalue weighted by Crippen LogP contribution is -2.10. The number of esters is 1. The maximum absolute atomic E-state index is 12.9. The van der Waals surface area contributed by atoms with Crippen molar-refractivity contribution in [3.05, 3.63) is 47.5 Å². The fourth-order valence-corrected chi connectivity index (χ4v) is 1.71. The monoisotopic (exact) mass is 276 g/mol. The van der Waals surface area contributed by atoms with Crippen LogP contribution in [0.2, 0.25) is 0 Å². The van der Waals surface area contributed by atoms with Crippen LogP contribution in [0.4, 0.5) is 4.39 Å². The summed E-state index contributed by atoms with van der Waals surface area (Å²) in [6.07, 6.45) is 1.43. The van der Waals surface area contributed by atoms with Crippen molar-refractivity contribution in [1.29, 1.82) is 0 Å². The third-order valence-electron chi connectivity index (χ3n) is 2.65. The van der Waals surface area contributed by atoms with Crippen molar-refractivity contribution in [3.8, 4) is 5.69 Å². The van der Waals surface area contributed by atoms with Gasteiger partial charge in [0.1, 0.15) is 5.82 Å². The molecule has 0 atom stereocenters. The van der Waals surface area contributed by atoms with Gasteiger partial charge in [0.25, 0.3) is 0 Å². The van der Waals surface area contributed by atoms with Crippen LogP contribution in [0.25, 0.3) is 5.69 Å². The van der Waals surface area contributed by atoms with E-state index in [1.165, 1.54) is 42.1 Å². The molecule has 0 unspecified atom stereocenters. The van der Waals surface area contributed by atoms with E-state index in [2.05, 4.69) is 5.10 Å². The summed E-state index contributed by atoms with van der Waals surface area (Å²) in [6, 6.07) is 5.55. The summed E-state index contributed by atoms with van der Waals surface area (Å²) in [7, 11) is 0. The molecule has 0 saturated heterocycles. The SMILES string of the molecule is CCOC(=O)c1nn(-c2ccc(F)cc2)cc1C(C)=O. The van der Waals surface area contributed by atoms with Crippen LogP contribution in [-0.2, 0) is 4.74 Å². The highest BCUT2D eigenvalue weighted by Gasteiger charge is 2.21. The van der Waals surface area contributed by atoms with Crippen molar-refractivity contribution in [3.63, 3.8) is 0 Å². The number of carbonyl (C=O) groups is 2. The van der Waals surface area contributed by atoms with Gasteiger partial charge < -0.3 is 4.74 Å². The Hall–Kier alpha value is -2.50. The molecule has 6 heteroatoms. The third-order valence-corrected chi connectivity index (χ3v) is 2.65. The Labute approximate surface area is 115 Å². The Morgan fingerprint density at radius 1 is 1.30 bits per heavy atom. The van der Waals surface area contributed by atoms with Crippen LogP contribution in [0, 0.1) is 5.82 Å². The topological polar surface area (TPSA) is 61.2 Å². The van der Waals surface area contributed by atoms with Crippen molar-refractivity contribution < 1.29 is 18.7 Å². The van der Waals surface area contributed by atoms with Gasteiger partial charge >= 0.3 is 5.97 Å². The number of Topliss-reactive ketones (excluding diaryl/α,β-unsaturated/α-hetero) is 1. The lowest BCUT2D eigenvalue weighted by Gasteiger charge is -2.00. The predicted octanol–water partition coefficient (Wildman–Crippen LogP) is 2.39. The lowest BCUT2D eigenvalue weighted by molar-refractivity contribution is 0.0516. The lowest BCUT2D eigenvalue weighted by atomic mass is 10.2. The average molecular weight is 276 g/mol. The minimum absolute atomic E-state index is 0.0383. The first-order valence-corrected chi connectivity index (χ1v) is 6.06. The molecule has 0 N–H and O–H groups in total. The summed E-state index contributed by atoms with van der Waals surface area (Å²) >= 11 is 0. The molecule has 2 aromatic rings. The van der Waals surface area contributed by atoms with Crippen LogP contribution in [-0.4, -0.2) is 28.1 Å². The summed E-state index contributed by atoms with van der Waals surface area (Å²) in [5.74, 6) is -1.32. The maximum atomic E-state index is 12.9. The van der Waals surface area contributed by atoms with E-state index in [0.29, 0.717) is 5.69 Å². The van der Waals surface area contributed by atoms with Gasteiger partial charge in [0.05, 0.1) is 17.9 Å². The molecule has 20 heavy (non-hydrogen) atoms. The van der Waals surface area contributed by atoms with E-state index in [1.807, 2.05) is 0 Å². The van der Waals surface area contributed by atoms with Gasteiger partial charge in [0, 0.05) is 6.20 Å². The highest BCUT2D eigenvalue weighted by atomic mass is 19.1. The number of hydrogen-bond acceptors (Lipinski definition) is 4. The van der Waals surface area contributed by atoms with Gasteiger partial charge in [-0.1, -0.05) is 0 Å². The number of rotatable bonds is 4. The Kier molecular flexibility index (Phi) is 3.93. The van der Waals surface area contributed by atoms with Gasteiger partial charge in [-0.05, 0) is 38.1 Å². The largest absolute Gasteiger partial charge is 0.461 e. The van der Waals surface area contributed by atoms with Crippen molar-refractivity contribution in [1.82, 2.24) is 9.78 Å². The molecule has 104 valence electrons. The number of halogens is 1. The number of hydrogen-bond donors (Lipinski definition) is 0. The van der Waals surface area contributed by atoms with E-state index in [9.17, 15) is 14.0 Å². The zero-order valence-electron chi connectivity index (χ0n) is 11.1. The van der Waals surface area contributed by atoms with E-state index in [4.69, 9.17) is 4.74 Å². The maximum Gasteiger partial charge on any atom is 0.359 e. The molecule has 1 aromatic heterocycles. The molecular formula is C14H13FN2O3. The quantitative estimate of drug-likeness (QED) is 0.635. The second-order valence-corrected chi connectivity index (χ2v) is 4.09. The normalized spacial score (nSPS) is 10.3. The highest BCUT2D eigenvalue weighted by Crippen LogP contribution is 2.15. The van der Waals surface area contributed by atoms with Crippen molar-refractivity contribution in [2.75, 3.05) is 6.61 Å². The molecular weight excluding hydrogens is 263 g/mol. The van der Waals surface area contributed by atoms with Crippen LogP contribution in [0.5, 0.6) is 0 Å². The van der Waals surface area contributed by atoms with Crippen LogP contribution < -0.4 is 0 Å². The van der Waals surface area contributed by atoms with E-state index < -0.39 is 5.97 Å². The molecule has 0 aliphatic rings. The van der Waals surface area contributed by atoms with E-state index in [1.54, 1.807) is 6.92 Å². The Bertz CT molecular complexity index is 647. The second-order valence-electron chi connectivity index (χ2n) is 4.09. The fraction of sp³-hybridized carbons (Fsp3) is 0.214. The van der Waals surface area contributed by atoms with Gasteiger partial charge in [-0.25, -0.2) is 13.9 Å². The molecule has 1 heterocycles.